The quantitative estimate of drug-likeness (QED) is 0.277. The Morgan fingerprint density at radius 1 is 1.00 bits per heavy atom. The molecule has 0 saturated heterocycles. The average molecular weight is 593 g/mol. The second kappa shape index (κ2) is 10.2. The smallest absolute Gasteiger partial charge is 0.309 e. The molecular weight excluding hydrogens is 548 g/mol. The van der Waals surface area contributed by atoms with E-state index in [2.05, 4.69) is 0 Å². The molecular formula is C35H44O8. The molecule has 43 heavy (non-hydrogen) atoms. The fourth-order valence-corrected chi connectivity index (χ4v) is 9.60. The number of allylic oxidation sites excluding steroid dienone is 1. The molecule has 1 aromatic rings. The zero-order valence-electron chi connectivity index (χ0n) is 26.5. The van der Waals surface area contributed by atoms with Gasteiger partial charge in [0.15, 0.2) is 23.0 Å². The van der Waals surface area contributed by atoms with Crippen LogP contribution < -0.4 is 0 Å². The molecule has 0 spiro atoms. The monoisotopic (exact) mass is 592 g/mol. The van der Waals surface area contributed by atoms with Crippen molar-refractivity contribution in [3.8, 4) is 5.75 Å². The van der Waals surface area contributed by atoms with Crippen LogP contribution in [0.15, 0.2) is 23.3 Å². The van der Waals surface area contributed by atoms with Gasteiger partial charge in [0.25, 0.3) is 0 Å². The lowest BCUT2D eigenvalue weighted by molar-refractivity contribution is -0.226. The second-order valence-electron chi connectivity index (χ2n) is 14.2. The summed E-state index contributed by atoms with van der Waals surface area (Å²) in [7, 11) is 0. The van der Waals surface area contributed by atoms with Gasteiger partial charge in [-0.05, 0) is 69.6 Å². The topological polar surface area (TPSA) is 135 Å². The number of aromatic hydroxyl groups is 1. The maximum atomic E-state index is 14.8. The first-order chi connectivity index (χ1) is 20.0. The van der Waals surface area contributed by atoms with E-state index in [9.17, 15) is 34.2 Å². The summed E-state index contributed by atoms with van der Waals surface area (Å²) < 4.78 is 6.53. The number of hydrogen-bond donors (Lipinski definition) is 2. The molecule has 2 N–H and O–H groups in total. The van der Waals surface area contributed by atoms with Crippen molar-refractivity contribution in [3.63, 3.8) is 0 Å². The van der Waals surface area contributed by atoms with E-state index in [1.807, 2.05) is 27.7 Å². The number of phenols is 1. The predicted octanol–water partition coefficient (Wildman–Crippen LogP) is 5.20. The number of rotatable bonds is 4. The molecule has 0 heterocycles. The van der Waals surface area contributed by atoms with Crippen LogP contribution in [-0.2, 0) is 23.9 Å². The van der Waals surface area contributed by atoms with Crippen LogP contribution in [-0.4, -0.2) is 51.0 Å². The Morgan fingerprint density at radius 3 is 2.16 bits per heavy atom. The van der Waals surface area contributed by atoms with Crippen LogP contribution >= 0.6 is 0 Å². The van der Waals surface area contributed by atoms with E-state index in [4.69, 9.17) is 4.74 Å². The number of phenolic OH excluding ortho intramolecular Hbond substituents is 1. The standard InChI is InChI=1S/C35H44O8/c1-16(2)26-18(4)24(20(6)36)29(39)35(42)30(40)27-28(38)25-22(37)15-14-17(3)23(25)19(5)33(27,7)32(34(26,35)8)43-31(41)21-12-10-9-11-13-21/h14-16,19,21,24,27,32,37,42H,9-13H2,1-8H3/t19-,24?,27?,32-,33+,34+,35+/m0/s1. The Labute approximate surface area is 253 Å². The van der Waals surface area contributed by atoms with Gasteiger partial charge in [0.1, 0.15) is 23.6 Å². The highest BCUT2D eigenvalue weighted by Gasteiger charge is 2.79. The molecule has 4 aliphatic rings. The molecule has 5 rings (SSSR count). The number of carbonyl (C=O) groups excluding carboxylic acids is 5. The highest BCUT2D eigenvalue weighted by molar-refractivity contribution is 6.27. The second-order valence-corrected chi connectivity index (χ2v) is 14.2. The zero-order chi connectivity index (χ0) is 32.0. The molecule has 2 unspecified atom stereocenters. The number of ether oxygens (including phenoxy) is 1. The predicted molar refractivity (Wildman–Crippen MR) is 158 cm³/mol. The molecule has 4 aliphatic carbocycles. The van der Waals surface area contributed by atoms with Crippen LogP contribution in [0.4, 0.5) is 0 Å². The average Bonchev–Trinajstić information content (AvgIpc) is 2.93. The molecule has 8 nitrogen and oxygen atoms in total. The summed E-state index contributed by atoms with van der Waals surface area (Å²) in [5, 5.41) is 23.6. The van der Waals surface area contributed by atoms with Crippen molar-refractivity contribution in [3.05, 3.63) is 40.0 Å². The van der Waals surface area contributed by atoms with Gasteiger partial charge >= 0.3 is 5.97 Å². The van der Waals surface area contributed by atoms with Crippen molar-refractivity contribution < 1.29 is 38.9 Å². The Balaban J connectivity index is 1.87. The number of fused-ring (bicyclic) bond motifs is 3. The van der Waals surface area contributed by atoms with Crippen molar-refractivity contribution in [1.82, 2.24) is 0 Å². The first-order valence-electron chi connectivity index (χ1n) is 15.6. The summed E-state index contributed by atoms with van der Waals surface area (Å²) in [5.41, 5.74) is -3.76. The van der Waals surface area contributed by atoms with E-state index < -0.39 is 69.4 Å². The van der Waals surface area contributed by atoms with Gasteiger partial charge in [0.05, 0.1) is 22.8 Å². The fraction of sp³-hybridized carbons (Fsp3) is 0.629. The summed E-state index contributed by atoms with van der Waals surface area (Å²) in [6, 6.07) is 3.10. The number of hydrogen-bond acceptors (Lipinski definition) is 8. The van der Waals surface area contributed by atoms with E-state index in [1.165, 1.54) is 13.0 Å². The van der Waals surface area contributed by atoms with E-state index in [0.29, 0.717) is 29.6 Å². The number of Topliss-reactive ketones (excluding diaryl/α,β-unsaturated/α-hetero) is 4. The summed E-state index contributed by atoms with van der Waals surface area (Å²) >= 11 is 0. The molecule has 1 aromatic carbocycles. The third kappa shape index (κ3) is 3.87. The van der Waals surface area contributed by atoms with Gasteiger partial charge in [-0.1, -0.05) is 64.2 Å². The van der Waals surface area contributed by atoms with Crippen LogP contribution in [0, 0.1) is 41.4 Å². The molecule has 0 amide bonds. The number of aliphatic hydroxyl groups is 1. The lowest BCUT2D eigenvalue weighted by Gasteiger charge is -2.65. The number of aryl methyl sites for hydroxylation is 1. The van der Waals surface area contributed by atoms with Gasteiger partial charge < -0.3 is 14.9 Å². The van der Waals surface area contributed by atoms with Gasteiger partial charge in [0.2, 0.25) is 0 Å². The molecule has 8 heteroatoms. The maximum Gasteiger partial charge on any atom is 0.309 e. The molecule has 2 saturated carbocycles. The summed E-state index contributed by atoms with van der Waals surface area (Å²) in [5.74, 6) is -8.30. The number of esters is 1. The minimum absolute atomic E-state index is 0.0185. The summed E-state index contributed by atoms with van der Waals surface area (Å²) in [6.45, 7) is 13.7. The maximum absolute atomic E-state index is 14.8. The SMILES string of the molecule is CC(=O)C1C(=O)[C@@]2(O)C(=O)C3C(=O)c4c(O)ccc(C)c4[C@H](C)[C@@]3(C)[C@H](OC(=O)C3CCCCC3)[C@@]2(C)C(C(C)C)=C1C. The van der Waals surface area contributed by atoms with E-state index in [-0.39, 0.29) is 23.1 Å². The van der Waals surface area contributed by atoms with Crippen molar-refractivity contribution in [1.29, 1.82) is 0 Å². The van der Waals surface area contributed by atoms with Gasteiger partial charge in [-0.2, -0.15) is 0 Å². The molecule has 2 fully saturated rings. The van der Waals surface area contributed by atoms with Crippen molar-refractivity contribution in [2.24, 2.45) is 34.5 Å². The molecule has 0 aromatic heterocycles. The minimum Gasteiger partial charge on any atom is -0.507 e. The van der Waals surface area contributed by atoms with E-state index in [1.54, 1.807) is 26.8 Å². The van der Waals surface area contributed by atoms with Crippen LogP contribution in [0.5, 0.6) is 5.75 Å². The van der Waals surface area contributed by atoms with Crippen LogP contribution in [0.1, 0.15) is 108 Å². The Bertz CT molecular complexity index is 1480. The largest absolute Gasteiger partial charge is 0.507 e. The highest BCUT2D eigenvalue weighted by Crippen LogP contribution is 2.68. The number of benzene rings is 1. The Hall–Kier alpha value is -3.13. The van der Waals surface area contributed by atoms with Crippen LogP contribution in [0.3, 0.4) is 0 Å². The number of carbonyl (C=O) groups is 5. The van der Waals surface area contributed by atoms with Gasteiger partial charge in [-0.25, -0.2) is 0 Å². The molecule has 232 valence electrons. The van der Waals surface area contributed by atoms with E-state index >= 15 is 0 Å². The lowest BCUT2D eigenvalue weighted by atomic mass is 9.38. The highest BCUT2D eigenvalue weighted by atomic mass is 16.5. The Morgan fingerprint density at radius 2 is 1.60 bits per heavy atom. The third-order valence-corrected chi connectivity index (χ3v) is 11.6. The summed E-state index contributed by atoms with van der Waals surface area (Å²) in [4.78, 5) is 70.5. The van der Waals surface area contributed by atoms with Crippen molar-refractivity contribution in [2.75, 3.05) is 0 Å². The van der Waals surface area contributed by atoms with Gasteiger partial charge in [-0.3, -0.25) is 24.0 Å². The lowest BCUT2D eigenvalue weighted by Crippen LogP contribution is -2.79. The van der Waals surface area contributed by atoms with Crippen molar-refractivity contribution in [2.45, 2.75) is 105 Å². The minimum atomic E-state index is -2.82. The molecule has 7 atom stereocenters. The Kier molecular flexibility index (Phi) is 7.44. The molecule has 0 radical (unpaired) electrons. The van der Waals surface area contributed by atoms with Crippen LogP contribution in [0.2, 0.25) is 0 Å². The summed E-state index contributed by atoms with van der Waals surface area (Å²) in [6.07, 6.45) is 2.78. The molecule has 0 bridgehead atoms. The normalized spacial score (nSPS) is 36.3. The third-order valence-electron chi connectivity index (χ3n) is 11.6. The fourth-order valence-electron chi connectivity index (χ4n) is 9.60. The zero-order valence-corrected chi connectivity index (χ0v) is 26.5. The van der Waals surface area contributed by atoms with Crippen molar-refractivity contribution >= 4 is 29.1 Å². The first kappa shape index (κ1) is 31.3. The first-order valence-corrected chi connectivity index (χ1v) is 15.6. The molecule has 0 aliphatic heterocycles. The van der Waals surface area contributed by atoms with Gasteiger partial charge in [-0.15, -0.1) is 0 Å². The van der Waals surface area contributed by atoms with E-state index in [0.717, 1.165) is 24.8 Å². The number of ketones is 4. The van der Waals surface area contributed by atoms with Gasteiger partial charge in [0, 0.05) is 5.41 Å². The van der Waals surface area contributed by atoms with Crippen LogP contribution in [0.25, 0.3) is 0 Å².